The number of nitrogens with two attached hydrogens (primary N) is 1. The van der Waals surface area contributed by atoms with Crippen LogP contribution in [0.3, 0.4) is 0 Å². The molecule has 2 N–H and O–H groups in total. The topological polar surface area (TPSA) is 44.5 Å². The molecule has 1 aliphatic rings. The zero-order valence-corrected chi connectivity index (χ0v) is 14.2. The Morgan fingerprint density at radius 3 is 2.52 bits per heavy atom. The Kier molecular flexibility index (Phi) is 6.31. The number of hydrogen-bond donors (Lipinski definition) is 1. The second-order valence-corrected chi connectivity index (χ2v) is 5.88. The van der Waals surface area contributed by atoms with Crippen molar-refractivity contribution >= 4 is 12.4 Å². The molecule has 1 aliphatic heterocycles. The van der Waals surface area contributed by atoms with Crippen LogP contribution in [0.25, 0.3) is 0 Å². The molecule has 0 radical (unpaired) electrons. The molecule has 124 valence electrons. The van der Waals surface area contributed by atoms with Crippen LogP contribution in [0.15, 0.2) is 48.5 Å². The summed E-state index contributed by atoms with van der Waals surface area (Å²) in [6.07, 6.45) is 3.25. The Labute approximate surface area is 144 Å². The van der Waals surface area contributed by atoms with Crippen molar-refractivity contribution in [2.75, 3.05) is 6.79 Å². The van der Waals surface area contributed by atoms with Crippen molar-refractivity contribution in [2.45, 2.75) is 32.2 Å². The molecule has 0 saturated carbocycles. The highest BCUT2D eigenvalue weighted by molar-refractivity contribution is 5.85. The average Bonchev–Trinajstić information content (AvgIpc) is 3.02. The summed E-state index contributed by atoms with van der Waals surface area (Å²) in [5.74, 6) is 2.04. The van der Waals surface area contributed by atoms with E-state index in [0.717, 1.165) is 36.3 Å². The molecule has 2 atom stereocenters. The lowest BCUT2D eigenvalue weighted by Crippen LogP contribution is -2.23. The van der Waals surface area contributed by atoms with Crippen molar-refractivity contribution in [2.24, 2.45) is 11.7 Å². The SMILES string of the molecule is CCCC(Cc1ccccc1)C(N)c1ccc2c(c1)OCO2.Cl. The van der Waals surface area contributed by atoms with Gasteiger partial charge in [-0.1, -0.05) is 49.7 Å². The number of fused-ring (bicyclic) bond motifs is 1. The van der Waals surface area contributed by atoms with E-state index in [1.807, 2.05) is 12.1 Å². The Hall–Kier alpha value is -1.71. The van der Waals surface area contributed by atoms with Crippen molar-refractivity contribution in [3.05, 3.63) is 59.7 Å². The molecule has 0 aliphatic carbocycles. The third-order valence-electron chi connectivity index (χ3n) is 4.29. The molecule has 1 heterocycles. The Bertz CT molecular complexity index is 618. The predicted molar refractivity (Wildman–Crippen MR) is 95.3 cm³/mol. The van der Waals surface area contributed by atoms with Crippen molar-refractivity contribution in [3.8, 4) is 11.5 Å². The summed E-state index contributed by atoms with van der Waals surface area (Å²) in [6, 6.07) is 16.6. The van der Waals surface area contributed by atoms with E-state index < -0.39 is 0 Å². The molecule has 3 rings (SSSR count). The highest BCUT2D eigenvalue weighted by Gasteiger charge is 2.22. The van der Waals surface area contributed by atoms with Crippen molar-refractivity contribution in [1.82, 2.24) is 0 Å². The average molecular weight is 334 g/mol. The van der Waals surface area contributed by atoms with Gasteiger partial charge in [0.05, 0.1) is 0 Å². The summed E-state index contributed by atoms with van der Waals surface area (Å²) in [5, 5.41) is 0. The van der Waals surface area contributed by atoms with E-state index in [1.165, 1.54) is 5.56 Å². The minimum atomic E-state index is 0. The highest BCUT2D eigenvalue weighted by atomic mass is 35.5. The largest absolute Gasteiger partial charge is 0.454 e. The number of halogens is 1. The van der Waals surface area contributed by atoms with Gasteiger partial charge in [0.25, 0.3) is 0 Å². The molecule has 2 aromatic carbocycles. The lowest BCUT2D eigenvalue weighted by atomic mass is 9.85. The second-order valence-electron chi connectivity index (χ2n) is 5.88. The van der Waals surface area contributed by atoms with Crippen LogP contribution in [0.4, 0.5) is 0 Å². The fourth-order valence-corrected chi connectivity index (χ4v) is 3.09. The van der Waals surface area contributed by atoms with Gasteiger partial charge in [-0.15, -0.1) is 12.4 Å². The van der Waals surface area contributed by atoms with Crippen LogP contribution in [-0.2, 0) is 6.42 Å². The number of hydrogen-bond acceptors (Lipinski definition) is 3. The lowest BCUT2D eigenvalue weighted by Gasteiger charge is -2.24. The van der Waals surface area contributed by atoms with Gasteiger partial charge < -0.3 is 15.2 Å². The monoisotopic (exact) mass is 333 g/mol. The molecular weight excluding hydrogens is 310 g/mol. The molecule has 23 heavy (non-hydrogen) atoms. The van der Waals surface area contributed by atoms with E-state index in [9.17, 15) is 0 Å². The minimum Gasteiger partial charge on any atom is -0.454 e. The van der Waals surface area contributed by atoms with Crippen LogP contribution in [-0.4, -0.2) is 6.79 Å². The number of rotatable bonds is 6. The molecule has 0 aromatic heterocycles. The summed E-state index contributed by atoms with van der Waals surface area (Å²) in [6.45, 7) is 2.51. The van der Waals surface area contributed by atoms with Gasteiger partial charge in [0.15, 0.2) is 11.5 Å². The second kappa shape index (κ2) is 8.23. The molecular formula is C19H24ClNO2. The van der Waals surface area contributed by atoms with Gasteiger partial charge in [0, 0.05) is 6.04 Å². The minimum absolute atomic E-state index is 0. The molecule has 0 spiro atoms. The molecule has 0 fully saturated rings. The quantitative estimate of drug-likeness (QED) is 0.846. The van der Waals surface area contributed by atoms with Crippen LogP contribution in [0.5, 0.6) is 11.5 Å². The van der Waals surface area contributed by atoms with Crippen molar-refractivity contribution in [3.63, 3.8) is 0 Å². The molecule has 0 amide bonds. The first-order valence-corrected chi connectivity index (χ1v) is 7.97. The van der Waals surface area contributed by atoms with Crippen molar-refractivity contribution < 1.29 is 9.47 Å². The Morgan fingerprint density at radius 1 is 1.04 bits per heavy atom. The van der Waals surface area contributed by atoms with E-state index in [0.29, 0.717) is 12.7 Å². The van der Waals surface area contributed by atoms with Gasteiger partial charge in [0.2, 0.25) is 6.79 Å². The Morgan fingerprint density at radius 2 is 1.78 bits per heavy atom. The molecule has 2 aromatic rings. The fraction of sp³-hybridized carbons (Fsp3) is 0.368. The normalized spacial score (nSPS) is 14.9. The van der Waals surface area contributed by atoms with E-state index >= 15 is 0 Å². The van der Waals surface area contributed by atoms with E-state index in [2.05, 4.69) is 43.3 Å². The van der Waals surface area contributed by atoms with Gasteiger partial charge in [-0.2, -0.15) is 0 Å². The van der Waals surface area contributed by atoms with Crippen LogP contribution >= 0.6 is 12.4 Å². The number of benzene rings is 2. The smallest absolute Gasteiger partial charge is 0.231 e. The molecule has 2 unspecified atom stereocenters. The number of ether oxygens (including phenoxy) is 2. The standard InChI is InChI=1S/C19H23NO2.ClH/c1-2-6-15(11-14-7-4-3-5-8-14)19(20)16-9-10-17-18(12-16)22-13-21-17;/h3-5,7-10,12,15,19H,2,6,11,13,20H2,1H3;1H. The summed E-state index contributed by atoms with van der Waals surface area (Å²) in [4.78, 5) is 0. The summed E-state index contributed by atoms with van der Waals surface area (Å²) in [5.41, 5.74) is 9.04. The predicted octanol–water partition coefficient (Wildman–Crippen LogP) is 4.50. The van der Waals surface area contributed by atoms with Gasteiger partial charge in [0.1, 0.15) is 0 Å². The molecule has 4 heteroatoms. The van der Waals surface area contributed by atoms with Gasteiger partial charge >= 0.3 is 0 Å². The third kappa shape index (κ3) is 4.18. The maximum Gasteiger partial charge on any atom is 0.231 e. The zero-order chi connectivity index (χ0) is 15.4. The van der Waals surface area contributed by atoms with Crippen LogP contribution < -0.4 is 15.2 Å². The maximum absolute atomic E-state index is 6.57. The maximum atomic E-state index is 6.57. The van der Waals surface area contributed by atoms with E-state index in [4.69, 9.17) is 15.2 Å². The van der Waals surface area contributed by atoms with Crippen molar-refractivity contribution in [1.29, 1.82) is 0 Å². The van der Waals surface area contributed by atoms with Crippen LogP contribution in [0, 0.1) is 5.92 Å². The molecule has 0 bridgehead atoms. The Balaban J connectivity index is 0.00000192. The van der Waals surface area contributed by atoms with Gasteiger partial charge in [-0.05, 0) is 42.0 Å². The van der Waals surface area contributed by atoms with E-state index in [1.54, 1.807) is 0 Å². The summed E-state index contributed by atoms with van der Waals surface area (Å²) >= 11 is 0. The fourth-order valence-electron chi connectivity index (χ4n) is 3.09. The zero-order valence-electron chi connectivity index (χ0n) is 13.4. The van der Waals surface area contributed by atoms with Gasteiger partial charge in [-0.25, -0.2) is 0 Å². The summed E-state index contributed by atoms with van der Waals surface area (Å²) < 4.78 is 10.8. The molecule has 3 nitrogen and oxygen atoms in total. The molecule has 0 saturated heterocycles. The summed E-state index contributed by atoms with van der Waals surface area (Å²) in [7, 11) is 0. The first-order valence-electron chi connectivity index (χ1n) is 7.97. The highest BCUT2D eigenvalue weighted by Crippen LogP contribution is 2.36. The van der Waals surface area contributed by atoms with E-state index in [-0.39, 0.29) is 18.4 Å². The lowest BCUT2D eigenvalue weighted by molar-refractivity contribution is 0.174. The first kappa shape index (κ1) is 17.6. The van der Waals surface area contributed by atoms with Crippen LogP contribution in [0.2, 0.25) is 0 Å². The first-order chi connectivity index (χ1) is 10.8. The third-order valence-corrected chi connectivity index (χ3v) is 4.29. The van der Waals surface area contributed by atoms with Crippen LogP contribution in [0.1, 0.15) is 36.9 Å². The van der Waals surface area contributed by atoms with Gasteiger partial charge in [-0.3, -0.25) is 0 Å².